The highest BCUT2D eigenvalue weighted by Gasteiger charge is 2.37. The molecule has 0 saturated carbocycles. The molecule has 4 rings (SSSR count). The fourth-order valence-electron chi connectivity index (χ4n) is 4.55. The van der Waals surface area contributed by atoms with Crippen molar-refractivity contribution >= 4 is 39.0 Å². The molecule has 212 valence electrons. The lowest BCUT2D eigenvalue weighted by Gasteiger charge is -2.36. The predicted octanol–water partition coefficient (Wildman–Crippen LogP) is 8.18. The molecule has 0 fully saturated rings. The number of nitrogens with zero attached hydrogens (tertiary/aromatic N) is 1. The zero-order valence-electron chi connectivity index (χ0n) is 21.6. The molecule has 1 heterocycles. The number of aliphatic hydroxyl groups is 1. The van der Waals surface area contributed by atoms with E-state index in [4.69, 9.17) is 16.3 Å². The highest BCUT2D eigenvalue weighted by atomic mass is 35.5. The fourth-order valence-corrected chi connectivity index (χ4v) is 6.40. The van der Waals surface area contributed by atoms with Gasteiger partial charge in [0.2, 0.25) is 0 Å². The Balaban J connectivity index is 1.85. The number of hydrogen-bond donors (Lipinski definition) is 1. The maximum Gasteiger partial charge on any atom is 0.416 e. The minimum absolute atomic E-state index is 0.110. The molecule has 0 unspecified atom stereocenters. The van der Waals surface area contributed by atoms with Gasteiger partial charge in [0.1, 0.15) is 17.7 Å². The van der Waals surface area contributed by atoms with Crippen LogP contribution in [0, 0.1) is 12.7 Å². The van der Waals surface area contributed by atoms with Gasteiger partial charge in [0.25, 0.3) is 10.0 Å². The fraction of sp³-hybridized carbons (Fsp3) is 0.241. The molecule has 0 aromatic heterocycles. The van der Waals surface area contributed by atoms with E-state index in [1.807, 2.05) is 0 Å². The molecule has 11 heteroatoms. The molecule has 1 aliphatic heterocycles. The molecule has 0 bridgehead atoms. The molecule has 0 spiro atoms. The van der Waals surface area contributed by atoms with Crippen molar-refractivity contribution in [3.05, 3.63) is 100 Å². The summed E-state index contributed by atoms with van der Waals surface area (Å²) in [5.74, 6) is -0.406. The van der Waals surface area contributed by atoms with E-state index in [1.54, 1.807) is 32.1 Å². The third-order valence-electron chi connectivity index (χ3n) is 6.44. The standard InChI is InChI=1S/C29H26ClF4NO4S/c1-17(27-24(30)8-5-9-25(27)31)12-20-13-18(2)28-26(14-20)35(16-22(39-28)11-10-19(3)36)40(37,38)23-7-4-6-21(15-23)29(32,33)34/h4-9,12-15,22,36H,3,10-11,16H2,1-2H3/b17-12+/t22-/m0/s1. The first-order valence-electron chi connectivity index (χ1n) is 12.2. The van der Waals surface area contributed by atoms with Gasteiger partial charge in [0, 0.05) is 12.0 Å². The van der Waals surface area contributed by atoms with Crippen LogP contribution in [-0.4, -0.2) is 26.2 Å². The van der Waals surface area contributed by atoms with Crippen LogP contribution in [-0.2, 0) is 16.2 Å². The van der Waals surface area contributed by atoms with E-state index < -0.39 is 38.6 Å². The van der Waals surface area contributed by atoms with Gasteiger partial charge in [-0.2, -0.15) is 13.2 Å². The summed E-state index contributed by atoms with van der Waals surface area (Å²) >= 11 is 6.21. The minimum atomic E-state index is -4.74. The molecule has 0 saturated heterocycles. The Bertz CT molecular complexity index is 1580. The van der Waals surface area contributed by atoms with Crippen LogP contribution < -0.4 is 9.04 Å². The summed E-state index contributed by atoms with van der Waals surface area (Å²) in [5, 5.41) is 9.77. The molecule has 3 aromatic rings. The van der Waals surface area contributed by atoms with E-state index in [-0.39, 0.29) is 47.2 Å². The molecule has 40 heavy (non-hydrogen) atoms. The van der Waals surface area contributed by atoms with Gasteiger partial charge in [-0.05, 0) is 79.4 Å². The van der Waals surface area contributed by atoms with Gasteiger partial charge in [-0.3, -0.25) is 4.31 Å². The number of fused-ring (bicyclic) bond motifs is 1. The lowest BCUT2D eigenvalue weighted by Crippen LogP contribution is -2.44. The number of aliphatic hydroxyl groups excluding tert-OH is 1. The summed E-state index contributed by atoms with van der Waals surface area (Å²) in [6.45, 7) is 6.58. The van der Waals surface area contributed by atoms with Crippen LogP contribution in [0.1, 0.15) is 42.0 Å². The zero-order chi connectivity index (χ0) is 29.4. The highest BCUT2D eigenvalue weighted by Crippen LogP contribution is 2.42. The third kappa shape index (κ3) is 6.13. The van der Waals surface area contributed by atoms with Crippen LogP contribution in [0.25, 0.3) is 11.6 Å². The molecule has 0 aliphatic carbocycles. The second-order valence-corrected chi connectivity index (χ2v) is 11.8. The SMILES string of the molecule is C=C(O)CC[C@H]1CN(S(=O)(=O)c2cccc(C(F)(F)F)c2)c2cc(/C=C(\C)c3c(F)cccc3Cl)cc(C)c2O1. The van der Waals surface area contributed by atoms with Crippen molar-refractivity contribution in [2.24, 2.45) is 0 Å². The van der Waals surface area contributed by atoms with Crippen molar-refractivity contribution in [1.29, 1.82) is 0 Å². The van der Waals surface area contributed by atoms with Crippen LogP contribution in [0.3, 0.4) is 0 Å². The van der Waals surface area contributed by atoms with Crippen LogP contribution in [0.2, 0.25) is 5.02 Å². The first kappa shape index (κ1) is 29.5. The van der Waals surface area contributed by atoms with Gasteiger partial charge in [-0.25, -0.2) is 12.8 Å². The van der Waals surface area contributed by atoms with Gasteiger partial charge in [-0.1, -0.05) is 36.4 Å². The molecule has 0 radical (unpaired) electrons. The van der Waals surface area contributed by atoms with Crippen LogP contribution >= 0.6 is 11.6 Å². The molecular weight excluding hydrogens is 570 g/mol. The normalized spacial score (nSPS) is 15.9. The van der Waals surface area contributed by atoms with Gasteiger partial charge in [0.05, 0.1) is 33.5 Å². The Hall–Kier alpha value is -3.50. The predicted molar refractivity (Wildman–Crippen MR) is 148 cm³/mol. The molecular formula is C29H26ClF4NO4S. The van der Waals surface area contributed by atoms with Gasteiger partial charge in [-0.15, -0.1) is 0 Å². The third-order valence-corrected chi connectivity index (χ3v) is 8.54. The second kappa shape index (κ2) is 11.2. The number of sulfonamides is 1. The maximum atomic E-state index is 14.5. The van der Waals surface area contributed by atoms with Gasteiger partial charge >= 0.3 is 6.18 Å². The number of hydrogen-bond acceptors (Lipinski definition) is 4. The van der Waals surface area contributed by atoms with Crippen LogP contribution in [0.5, 0.6) is 5.75 Å². The monoisotopic (exact) mass is 595 g/mol. The summed E-state index contributed by atoms with van der Waals surface area (Å²) in [6, 6.07) is 11.1. The Kier molecular flexibility index (Phi) is 8.23. The Morgan fingerprint density at radius 1 is 1.20 bits per heavy atom. The smallest absolute Gasteiger partial charge is 0.416 e. The van der Waals surface area contributed by atoms with Crippen LogP contribution in [0.15, 0.2) is 71.8 Å². The average Bonchev–Trinajstić information content (AvgIpc) is 2.86. The molecule has 5 nitrogen and oxygen atoms in total. The van der Waals surface area contributed by atoms with Crippen molar-refractivity contribution in [2.45, 2.75) is 43.9 Å². The topological polar surface area (TPSA) is 66.8 Å². The summed E-state index contributed by atoms with van der Waals surface area (Å²) in [6.07, 6.45) is -3.46. The van der Waals surface area contributed by atoms with Gasteiger partial charge < -0.3 is 9.84 Å². The highest BCUT2D eigenvalue weighted by molar-refractivity contribution is 7.92. The molecule has 0 amide bonds. The van der Waals surface area contributed by atoms with Crippen molar-refractivity contribution < 1.29 is 35.8 Å². The minimum Gasteiger partial charge on any atom is -0.513 e. The lowest BCUT2D eigenvalue weighted by molar-refractivity contribution is -0.137. The number of halogens is 5. The van der Waals surface area contributed by atoms with Crippen molar-refractivity contribution in [3.8, 4) is 5.75 Å². The van der Waals surface area contributed by atoms with Gasteiger partial charge in [0.15, 0.2) is 0 Å². The Labute approximate surface area is 235 Å². The number of rotatable bonds is 7. The molecule has 1 N–H and O–H groups in total. The lowest BCUT2D eigenvalue weighted by atomic mass is 10.0. The van der Waals surface area contributed by atoms with E-state index in [2.05, 4.69) is 6.58 Å². The molecule has 1 atom stereocenters. The largest absolute Gasteiger partial charge is 0.513 e. The molecule has 1 aliphatic rings. The van der Waals surface area contributed by atoms with Crippen molar-refractivity contribution in [3.63, 3.8) is 0 Å². The Morgan fingerprint density at radius 3 is 2.55 bits per heavy atom. The quantitative estimate of drug-likeness (QED) is 0.170. The van der Waals surface area contributed by atoms with E-state index in [1.165, 1.54) is 18.2 Å². The van der Waals surface area contributed by atoms with Crippen LogP contribution in [0.4, 0.5) is 23.2 Å². The number of alkyl halides is 3. The van der Waals surface area contributed by atoms with Crippen molar-refractivity contribution in [1.82, 2.24) is 0 Å². The number of anilines is 1. The Morgan fingerprint density at radius 2 is 1.90 bits per heavy atom. The van der Waals surface area contributed by atoms with E-state index in [0.717, 1.165) is 22.5 Å². The number of allylic oxidation sites excluding steroid dienone is 2. The number of ether oxygens (including phenoxy) is 1. The van der Waals surface area contributed by atoms with E-state index in [0.29, 0.717) is 22.8 Å². The van der Waals surface area contributed by atoms with E-state index in [9.17, 15) is 31.1 Å². The maximum absolute atomic E-state index is 14.5. The molecule has 3 aromatic carbocycles. The van der Waals surface area contributed by atoms with E-state index >= 15 is 0 Å². The average molecular weight is 596 g/mol. The summed E-state index contributed by atoms with van der Waals surface area (Å²) in [4.78, 5) is -0.534. The van der Waals surface area contributed by atoms with Crippen molar-refractivity contribution in [2.75, 3.05) is 10.8 Å². The second-order valence-electron chi connectivity index (χ2n) is 9.52. The zero-order valence-corrected chi connectivity index (χ0v) is 23.2. The first-order chi connectivity index (χ1) is 18.7. The summed E-state index contributed by atoms with van der Waals surface area (Å²) in [7, 11) is -4.49. The number of benzene rings is 3. The number of aryl methyl sites for hydroxylation is 1. The summed E-state index contributed by atoms with van der Waals surface area (Å²) in [5.41, 5.74) is 0.742. The first-order valence-corrected chi connectivity index (χ1v) is 14.0. The summed E-state index contributed by atoms with van der Waals surface area (Å²) < 4.78 is 89.5.